The average Bonchev–Trinajstić information content (AvgIpc) is 2.79. The summed E-state index contributed by atoms with van der Waals surface area (Å²) in [6.07, 6.45) is 3.24. The lowest BCUT2D eigenvalue weighted by molar-refractivity contribution is 0.103. The quantitative estimate of drug-likeness (QED) is 0.822. The number of amides is 1. The van der Waals surface area contributed by atoms with E-state index in [2.05, 4.69) is 22.1 Å². The molecule has 0 aromatic carbocycles. The van der Waals surface area contributed by atoms with Crippen LogP contribution < -0.4 is 5.32 Å². The lowest BCUT2D eigenvalue weighted by Gasteiger charge is -2.01. The van der Waals surface area contributed by atoms with Crippen molar-refractivity contribution in [1.29, 1.82) is 0 Å². The second-order valence-electron chi connectivity index (χ2n) is 3.77. The van der Waals surface area contributed by atoms with Crippen LogP contribution in [-0.4, -0.2) is 22.6 Å². The highest BCUT2D eigenvalue weighted by molar-refractivity contribution is 7.14. The molecule has 5 heteroatoms. The monoisotopic (exact) mass is 272 g/mol. The molecule has 19 heavy (non-hydrogen) atoms. The SMILES string of the molecule is Cc1cc(C(=O)Nc2ccncc2)sc1C#CCO. The van der Waals surface area contributed by atoms with Gasteiger partial charge in [0.05, 0.1) is 9.75 Å². The third-order valence-electron chi connectivity index (χ3n) is 2.36. The number of aromatic nitrogens is 1. The third kappa shape index (κ3) is 3.41. The number of hydrogen-bond donors (Lipinski definition) is 2. The van der Waals surface area contributed by atoms with Crippen LogP contribution in [-0.2, 0) is 0 Å². The molecular formula is C14H12N2O2S. The Bertz CT molecular complexity index is 638. The normalized spacial score (nSPS) is 9.58. The van der Waals surface area contributed by atoms with E-state index < -0.39 is 0 Å². The maximum absolute atomic E-state index is 12.0. The number of anilines is 1. The van der Waals surface area contributed by atoms with Gasteiger partial charge in [0, 0.05) is 18.1 Å². The van der Waals surface area contributed by atoms with Crippen molar-refractivity contribution in [2.24, 2.45) is 0 Å². The van der Waals surface area contributed by atoms with Crippen molar-refractivity contribution in [3.05, 3.63) is 45.9 Å². The van der Waals surface area contributed by atoms with Crippen LogP contribution in [0.15, 0.2) is 30.6 Å². The van der Waals surface area contributed by atoms with Gasteiger partial charge in [0.2, 0.25) is 0 Å². The maximum Gasteiger partial charge on any atom is 0.265 e. The number of hydrogen-bond acceptors (Lipinski definition) is 4. The van der Waals surface area contributed by atoms with E-state index in [1.165, 1.54) is 11.3 Å². The fraction of sp³-hybridized carbons (Fsp3) is 0.143. The van der Waals surface area contributed by atoms with E-state index in [-0.39, 0.29) is 12.5 Å². The molecule has 0 saturated heterocycles. The Balaban J connectivity index is 2.16. The number of aryl methyl sites for hydroxylation is 1. The Labute approximate surface area is 115 Å². The lowest BCUT2D eigenvalue weighted by Crippen LogP contribution is -2.09. The van der Waals surface area contributed by atoms with E-state index in [9.17, 15) is 4.79 Å². The van der Waals surface area contributed by atoms with Crippen LogP contribution in [0.4, 0.5) is 5.69 Å². The minimum absolute atomic E-state index is 0.170. The molecule has 0 spiro atoms. The first-order valence-corrected chi connectivity index (χ1v) is 6.44. The van der Waals surface area contributed by atoms with E-state index >= 15 is 0 Å². The van der Waals surface area contributed by atoms with Crippen LogP contribution in [0.25, 0.3) is 0 Å². The summed E-state index contributed by atoms with van der Waals surface area (Å²) < 4.78 is 0. The molecular weight excluding hydrogens is 260 g/mol. The number of nitrogens with one attached hydrogen (secondary N) is 1. The smallest absolute Gasteiger partial charge is 0.265 e. The van der Waals surface area contributed by atoms with Crippen molar-refractivity contribution in [3.8, 4) is 11.8 Å². The van der Waals surface area contributed by atoms with E-state index in [1.54, 1.807) is 30.6 Å². The summed E-state index contributed by atoms with van der Waals surface area (Å²) in [5.41, 5.74) is 1.64. The second-order valence-corrected chi connectivity index (χ2v) is 4.82. The molecule has 0 fully saturated rings. The summed E-state index contributed by atoms with van der Waals surface area (Å²) in [4.78, 5) is 17.3. The van der Waals surface area contributed by atoms with Gasteiger partial charge in [0.15, 0.2) is 0 Å². The van der Waals surface area contributed by atoms with Crippen molar-refractivity contribution in [2.45, 2.75) is 6.92 Å². The highest BCUT2D eigenvalue weighted by Gasteiger charge is 2.11. The first-order chi connectivity index (χ1) is 9.20. The summed E-state index contributed by atoms with van der Waals surface area (Å²) in [5, 5.41) is 11.5. The Kier molecular flexibility index (Phi) is 4.29. The molecule has 96 valence electrons. The fourth-order valence-corrected chi connectivity index (χ4v) is 2.41. The summed E-state index contributed by atoms with van der Waals surface area (Å²) in [6, 6.07) is 5.25. The highest BCUT2D eigenvalue weighted by atomic mass is 32.1. The molecule has 0 aliphatic carbocycles. The third-order valence-corrected chi connectivity index (χ3v) is 3.51. The van der Waals surface area contributed by atoms with Gasteiger partial charge < -0.3 is 10.4 Å². The summed E-state index contributed by atoms with van der Waals surface area (Å²) >= 11 is 1.31. The zero-order chi connectivity index (χ0) is 13.7. The predicted octanol–water partition coefficient (Wildman–Crippen LogP) is 2.05. The average molecular weight is 272 g/mol. The molecule has 1 amide bonds. The van der Waals surface area contributed by atoms with Crippen LogP contribution in [0.1, 0.15) is 20.1 Å². The van der Waals surface area contributed by atoms with E-state index in [4.69, 9.17) is 5.11 Å². The maximum atomic E-state index is 12.0. The standard InChI is InChI=1S/C14H12N2O2S/c1-10-9-13(19-12(10)3-2-8-17)14(18)16-11-4-6-15-7-5-11/h4-7,9,17H,8H2,1H3,(H,15,16,18). The zero-order valence-corrected chi connectivity index (χ0v) is 11.1. The topological polar surface area (TPSA) is 62.2 Å². The van der Waals surface area contributed by atoms with Gasteiger partial charge in [0.25, 0.3) is 5.91 Å². The number of pyridine rings is 1. The zero-order valence-electron chi connectivity index (χ0n) is 10.3. The van der Waals surface area contributed by atoms with E-state index in [0.717, 1.165) is 10.4 Å². The molecule has 2 aromatic heterocycles. The highest BCUT2D eigenvalue weighted by Crippen LogP contribution is 2.22. The molecule has 0 radical (unpaired) electrons. The van der Waals surface area contributed by atoms with Crippen molar-refractivity contribution in [2.75, 3.05) is 11.9 Å². The molecule has 2 heterocycles. The molecule has 0 bridgehead atoms. The minimum Gasteiger partial charge on any atom is -0.384 e. The predicted molar refractivity (Wildman–Crippen MR) is 75.2 cm³/mol. The molecule has 2 N–H and O–H groups in total. The van der Waals surface area contributed by atoms with Gasteiger partial charge in [-0.2, -0.15) is 0 Å². The number of rotatable bonds is 2. The first-order valence-electron chi connectivity index (χ1n) is 5.62. The summed E-state index contributed by atoms with van der Waals surface area (Å²) in [6.45, 7) is 1.71. The number of thiophene rings is 1. The Morgan fingerprint density at radius 2 is 2.21 bits per heavy atom. The van der Waals surface area contributed by atoms with Gasteiger partial charge >= 0.3 is 0 Å². The molecule has 0 aliphatic rings. The molecule has 0 saturated carbocycles. The first kappa shape index (κ1) is 13.3. The number of nitrogens with zero attached hydrogens (tertiary/aromatic N) is 1. The van der Waals surface area contributed by atoms with Crippen molar-refractivity contribution in [1.82, 2.24) is 4.98 Å². The van der Waals surface area contributed by atoms with Gasteiger partial charge in [-0.25, -0.2) is 0 Å². The van der Waals surface area contributed by atoms with E-state index in [1.807, 2.05) is 6.92 Å². The second kappa shape index (κ2) is 6.14. The molecule has 0 atom stereocenters. The van der Waals surface area contributed by atoms with Crippen LogP contribution in [0.3, 0.4) is 0 Å². The molecule has 4 nitrogen and oxygen atoms in total. The van der Waals surface area contributed by atoms with Gasteiger partial charge in [-0.3, -0.25) is 9.78 Å². The number of aliphatic hydroxyl groups is 1. The van der Waals surface area contributed by atoms with Gasteiger partial charge in [-0.1, -0.05) is 11.8 Å². The molecule has 0 aliphatic heterocycles. The minimum atomic E-state index is -0.185. The van der Waals surface area contributed by atoms with E-state index in [0.29, 0.717) is 10.6 Å². The molecule has 0 unspecified atom stereocenters. The summed E-state index contributed by atoms with van der Waals surface area (Å²) in [5.74, 6) is 5.24. The number of carbonyl (C=O) groups is 1. The number of aliphatic hydroxyl groups excluding tert-OH is 1. The van der Waals surface area contributed by atoms with Crippen LogP contribution in [0.5, 0.6) is 0 Å². The van der Waals surface area contributed by atoms with Gasteiger partial charge in [-0.15, -0.1) is 11.3 Å². The van der Waals surface area contributed by atoms with Gasteiger partial charge in [-0.05, 0) is 30.7 Å². The number of carbonyl (C=O) groups excluding carboxylic acids is 1. The molecule has 2 aromatic rings. The fourth-order valence-electron chi connectivity index (χ4n) is 1.47. The van der Waals surface area contributed by atoms with Crippen molar-refractivity contribution < 1.29 is 9.90 Å². The van der Waals surface area contributed by atoms with Crippen LogP contribution in [0.2, 0.25) is 0 Å². The van der Waals surface area contributed by atoms with Crippen LogP contribution >= 0.6 is 11.3 Å². The van der Waals surface area contributed by atoms with Crippen molar-refractivity contribution >= 4 is 22.9 Å². The largest absolute Gasteiger partial charge is 0.384 e. The van der Waals surface area contributed by atoms with Crippen molar-refractivity contribution in [3.63, 3.8) is 0 Å². The Hall–Kier alpha value is -2.16. The Morgan fingerprint density at radius 1 is 1.47 bits per heavy atom. The summed E-state index contributed by atoms with van der Waals surface area (Å²) in [7, 11) is 0. The molecule has 2 rings (SSSR count). The van der Waals surface area contributed by atoms with Crippen LogP contribution in [0, 0.1) is 18.8 Å². The Morgan fingerprint density at radius 3 is 2.89 bits per heavy atom. The van der Waals surface area contributed by atoms with Gasteiger partial charge in [0.1, 0.15) is 6.61 Å². The lowest BCUT2D eigenvalue weighted by atomic mass is 10.2.